The minimum atomic E-state index is -0.357. The van der Waals surface area contributed by atoms with Crippen LogP contribution < -0.4 is 0 Å². The predicted octanol–water partition coefficient (Wildman–Crippen LogP) is 2.86. The third kappa shape index (κ3) is 2.80. The second-order valence-corrected chi connectivity index (χ2v) is 6.77. The lowest BCUT2D eigenvalue weighted by atomic mass is 10.2. The van der Waals surface area contributed by atoms with E-state index in [9.17, 15) is 5.11 Å². The summed E-state index contributed by atoms with van der Waals surface area (Å²) in [4.78, 5) is 0. The van der Waals surface area contributed by atoms with Gasteiger partial charge in [-0.3, -0.25) is 0 Å². The van der Waals surface area contributed by atoms with E-state index in [4.69, 9.17) is 0 Å². The number of likely N-dealkylation sites (N-methyl/N-ethyl adjacent to an activating group) is 1. The van der Waals surface area contributed by atoms with E-state index in [0.29, 0.717) is 6.54 Å². The molecule has 0 aliphatic heterocycles. The summed E-state index contributed by atoms with van der Waals surface area (Å²) in [5.74, 6) is 0. The van der Waals surface area contributed by atoms with Crippen LogP contribution in [0.3, 0.4) is 0 Å². The molecule has 0 fully saturated rings. The van der Waals surface area contributed by atoms with Gasteiger partial charge in [0.05, 0.1) is 27.7 Å². The van der Waals surface area contributed by atoms with E-state index in [2.05, 4.69) is 74.2 Å². The van der Waals surface area contributed by atoms with E-state index in [1.807, 2.05) is 0 Å². The van der Waals surface area contributed by atoms with Crippen LogP contribution in [0.15, 0.2) is 48.5 Å². The van der Waals surface area contributed by atoms with Gasteiger partial charge in [0, 0.05) is 21.8 Å². The number of fused-ring (bicyclic) bond motifs is 3. The van der Waals surface area contributed by atoms with Gasteiger partial charge in [-0.05, 0) is 12.1 Å². The lowest BCUT2D eigenvalue weighted by Crippen LogP contribution is -2.42. The molecule has 21 heavy (non-hydrogen) atoms. The Morgan fingerprint density at radius 1 is 0.905 bits per heavy atom. The molecule has 0 aliphatic rings. The Balaban J connectivity index is 2.08. The van der Waals surface area contributed by atoms with E-state index in [1.54, 1.807) is 0 Å². The van der Waals surface area contributed by atoms with Gasteiger partial charge in [0.1, 0.15) is 12.6 Å². The Morgan fingerprint density at radius 3 is 1.86 bits per heavy atom. The highest BCUT2D eigenvalue weighted by Gasteiger charge is 2.18. The molecule has 3 rings (SSSR count). The zero-order valence-corrected chi connectivity index (χ0v) is 13.0. The van der Waals surface area contributed by atoms with Crippen LogP contribution >= 0.6 is 0 Å². The molecule has 3 nitrogen and oxygen atoms in total. The van der Waals surface area contributed by atoms with Crippen LogP contribution in [-0.4, -0.2) is 47.9 Å². The van der Waals surface area contributed by atoms with Crippen molar-refractivity contribution in [2.75, 3.05) is 27.7 Å². The molecule has 3 heteroatoms. The van der Waals surface area contributed by atoms with Crippen LogP contribution in [0.4, 0.5) is 0 Å². The Morgan fingerprint density at radius 2 is 1.38 bits per heavy atom. The summed E-state index contributed by atoms with van der Waals surface area (Å²) in [6.45, 7) is 1.37. The van der Waals surface area contributed by atoms with Crippen molar-refractivity contribution in [3.63, 3.8) is 0 Å². The van der Waals surface area contributed by atoms with Crippen molar-refractivity contribution in [1.29, 1.82) is 0 Å². The van der Waals surface area contributed by atoms with Crippen LogP contribution in [-0.2, 0) is 6.54 Å². The molecule has 0 bridgehead atoms. The maximum atomic E-state index is 10.4. The SMILES string of the molecule is C[N+](C)(C)CC(O)Cn1c2ccccc2c2ccccc21. The van der Waals surface area contributed by atoms with E-state index < -0.39 is 0 Å². The standard InChI is InChI=1S/C18H23N2O/c1-20(2,3)13-14(21)12-19-17-10-6-4-8-15(17)16-9-5-7-11-18(16)19/h4-11,14,21H,12-13H2,1-3H3/q+1. The molecule has 0 aliphatic carbocycles. The molecule has 1 unspecified atom stereocenters. The molecule has 1 aromatic heterocycles. The van der Waals surface area contributed by atoms with Crippen LogP contribution in [0.2, 0.25) is 0 Å². The number of rotatable bonds is 4. The monoisotopic (exact) mass is 283 g/mol. The second kappa shape index (κ2) is 5.17. The van der Waals surface area contributed by atoms with E-state index in [1.165, 1.54) is 21.8 Å². The highest BCUT2D eigenvalue weighted by Crippen LogP contribution is 2.28. The fraction of sp³-hybridized carbons (Fsp3) is 0.333. The van der Waals surface area contributed by atoms with Crippen LogP contribution in [0.5, 0.6) is 0 Å². The molecule has 3 aromatic rings. The van der Waals surface area contributed by atoms with Gasteiger partial charge in [0.25, 0.3) is 0 Å². The van der Waals surface area contributed by atoms with Crippen molar-refractivity contribution in [3.8, 4) is 0 Å². The summed E-state index contributed by atoms with van der Waals surface area (Å²) in [7, 11) is 6.32. The quantitative estimate of drug-likeness (QED) is 0.732. The van der Waals surface area contributed by atoms with Crippen LogP contribution in [0.25, 0.3) is 21.8 Å². The highest BCUT2D eigenvalue weighted by atomic mass is 16.3. The Labute approximate surface area is 125 Å². The van der Waals surface area contributed by atoms with Crippen molar-refractivity contribution in [2.24, 2.45) is 0 Å². The summed E-state index contributed by atoms with van der Waals surface area (Å²) in [5, 5.41) is 12.9. The molecular weight excluding hydrogens is 260 g/mol. The third-order valence-corrected chi connectivity index (χ3v) is 3.83. The minimum absolute atomic E-state index is 0.357. The molecule has 0 saturated carbocycles. The van der Waals surface area contributed by atoms with Gasteiger partial charge in [-0.2, -0.15) is 0 Å². The molecule has 1 N–H and O–H groups in total. The average molecular weight is 283 g/mol. The third-order valence-electron chi connectivity index (χ3n) is 3.83. The molecule has 1 atom stereocenters. The van der Waals surface area contributed by atoms with Crippen LogP contribution in [0.1, 0.15) is 0 Å². The number of benzene rings is 2. The van der Waals surface area contributed by atoms with Gasteiger partial charge in [-0.25, -0.2) is 0 Å². The van der Waals surface area contributed by atoms with Gasteiger partial charge < -0.3 is 14.2 Å². The minimum Gasteiger partial charge on any atom is -0.385 e. The Hall–Kier alpha value is -1.84. The van der Waals surface area contributed by atoms with Gasteiger partial charge in [0.15, 0.2) is 0 Å². The summed E-state index contributed by atoms with van der Waals surface area (Å²) in [6, 6.07) is 16.8. The smallest absolute Gasteiger partial charge is 0.121 e. The lowest BCUT2D eigenvalue weighted by Gasteiger charge is -2.27. The zero-order valence-electron chi connectivity index (χ0n) is 13.0. The normalized spacial score (nSPS) is 13.9. The fourth-order valence-corrected chi connectivity index (χ4v) is 3.10. The molecule has 0 spiro atoms. The number of aliphatic hydroxyl groups is 1. The number of aliphatic hydroxyl groups excluding tert-OH is 1. The van der Waals surface area contributed by atoms with Crippen molar-refractivity contribution in [2.45, 2.75) is 12.6 Å². The summed E-state index contributed by atoms with van der Waals surface area (Å²) >= 11 is 0. The zero-order chi connectivity index (χ0) is 15.0. The second-order valence-electron chi connectivity index (χ2n) is 6.77. The van der Waals surface area contributed by atoms with Crippen molar-refractivity contribution >= 4 is 21.8 Å². The molecule has 1 heterocycles. The Bertz CT molecular complexity index is 714. The van der Waals surface area contributed by atoms with Crippen LogP contribution in [0, 0.1) is 0 Å². The maximum absolute atomic E-state index is 10.4. The highest BCUT2D eigenvalue weighted by molar-refractivity contribution is 6.07. The molecule has 0 amide bonds. The first-order chi connectivity index (χ1) is 9.96. The summed E-state index contributed by atoms with van der Waals surface area (Å²) < 4.78 is 3.00. The molecule has 2 aromatic carbocycles. The molecule has 110 valence electrons. The largest absolute Gasteiger partial charge is 0.385 e. The van der Waals surface area contributed by atoms with Crippen molar-refractivity contribution in [1.82, 2.24) is 4.57 Å². The first kappa shape index (κ1) is 14.1. The van der Waals surface area contributed by atoms with Gasteiger partial charge in [-0.15, -0.1) is 0 Å². The van der Waals surface area contributed by atoms with Crippen molar-refractivity contribution < 1.29 is 9.59 Å². The predicted molar refractivity (Wildman–Crippen MR) is 88.4 cm³/mol. The summed E-state index contributed by atoms with van der Waals surface area (Å²) in [5.41, 5.74) is 2.39. The first-order valence-corrected chi connectivity index (χ1v) is 7.40. The first-order valence-electron chi connectivity index (χ1n) is 7.40. The number of hydrogen-bond acceptors (Lipinski definition) is 1. The van der Waals surface area contributed by atoms with Gasteiger partial charge >= 0.3 is 0 Å². The molecular formula is C18H23N2O+. The van der Waals surface area contributed by atoms with E-state index in [0.717, 1.165) is 11.0 Å². The van der Waals surface area contributed by atoms with Crippen molar-refractivity contribution in [3.05, 3.63) is 48.5 Å². The topological polar surface area (TPSA) is 25.2 Å². The molecule has 0 saturated heterocycles. The van der Waals surface area contributed by atoms with E-state index in [-0.39, 0.29) is 6.10 Å². The number of nitrogens with zero attached hydrogens (tertiary/aromatic N) is 2. The maximum Gasteiger partial charge on any atom is 0.121 e. The Kier molecular flexibility index (Phi) is 3.47. The number of hydrogen-bond donors (Lipinski definition) is 1. The number of aromatic nitrogens is 1. The van der Waals surface area contributed by atoms with E-state index >= 15 is 0 Å². The van der Waals surface area contributed by atoms with Gasteiger partial charge in [0.2, 0.25) is 0 Å². The number of para-hydroxylation sites is 2. The number of quaternary nitrogens is 1. The lowest BCUT2D eigenvalue weighted by molar-refractivity contribution is -0.873. The summed E-state index contributed by atoms with van der Waals surface area (Å²) in [6.07, 6.45) is -0.357. The van der Waals surface area contributed by atoms with Gasteiger partial charge in [-0.1, -0.05) is 36.4 Å². The fourth-order valence-electron chi connectivity index (χ4n) is 3.10. The molecule has 0 radical (unpaired) electrons. The average Bonchev–Trinajstić information content (AvgIpc) is 2.72.